The summed E-state index contributed by atoms with van der Waals surface area (Å²) in [6.07, 6.45) is 72.4. The lowest BCUT2D eigenvalue weighted by Gasteiger charge is -2.20. The van der Waals surface area contributed by atoms with Crippen LogP contribution in [0.25, 0.3) is 0 Å². The van der Waals surface area contributed by atoms with E-state index in [1.54, 1.807) is 6.08 Å². The lowest BCUT2D eigenvalue weighted by atomic mass is 10.0. The van der Waals surface area contributed by atoms with Gasteiger partial charge in [0.25, 0.3) is 0 Å². The monoisotopic (exact) mass is 972 g/mol. The zero-order chi connectivity index (χ0) is 50.0. The molecule has 0 bridgehead atoms. The summed E-state index contributed by atoms with van der Waals surface area (Å²) in [4.78, 5) is 24.4. The van der Waals surface area contributed by atoms with E-state index in [1.807, 2.05) is 6.08 Å². The fraction of sp³-hybridized carbons (Fsp3) is 0.905. The number of hydrogen-bond acceptors (Lipinski definition) is 5. The standard InChI is InChI=1S/C63H121NO5/c1-3-5-7-9-11-13-14-33-37-41-45-49-53-57-63(68)69-58-54-50-46-42-38-35-32-30-28-26-24-22-20-18-16-15-17-19-21-23-25-27-29-31-34-36-40-44-48-52-56-62(67)64-60(59-65)61(66)55-51-47-43-39-12-10-8-6-4-2/h16,18,51,55,60-61,65-66H,3-15,17,19-50,52-54,56-59H2,1-2H3,(H,64,67)/b18-16-,55-51+. The maximum Gasteiger partial charge on any atom is 0.305 e. The van der Waals surface area contributed by atoms with E-state index in [1.165, 1.54) is 276 Å². The summed E-state index contributed by atoms with van der Waals surface area (Å²) in [5, 5.41) is 22.9. The minimum atomic E-state index is -0.840. The summed E-state index contributed by atoms with van der Waals surface area (Å²) >= 11 is 0. The van der Waals surface area contributed by atoms with Crippen LogP contribution in [-0.4, -0.2) is 47.4 Å². The summed E-state index contributed by atoms with van der Waals surface area (Å²) in [6.45, 7) is 4.89. The van der Waals surface area contributed by atoms with Crippen LogP contribution in [0.3, 0.4) is 0 Å². The molecule has 0 aromatic rings. The van der Waals surface area contributed by atoms with Crippen molar-refractivity contribution < 1.29 is 24.5 Å². The molecule has 2 unspecified atom stereocenters. The molecule has 0 fully saturated rings. The highest BCUT2D eigenvalue weighted by Gasteiger charge is 2.18. The number of aliphatic hydroxyl groups is 2. The van der Waals surface area contributed by atoms with E-state index in [0.29, 0.717) is 19.4 Å². The molecule has 0 aliphatic heterocycles. The predicted octanol–water partition coefficient (Wildman–Crippen LogP) is 19.4. The molecule has 0 aliphatic carbocycles. The van der Waals surface area contributed by atoms with Gasteiger partial charge in [0.15, 0.2) is 0 Å². The third-order valence-corrected chi connectivity index (χ3v) is 14.5. The number of unbranched alkanes of at least 4 members (excludes halogenated alkanes) is 45. The van der Waals surface area contributed by atoms with E-state index >= 15 is 0 Å². The Morgan fingerprint density at radius 2 is 0.681 bits per heavy atom. The van der Waals surface area contributed by atoms with Crippen LogP contribution in [-0.2, 0) is 14.3 Å². The third kappa shape index (κ3) is 55.5. The summed E-state index contributed by atoms with van der Waals surface area (Å²) < 4.78 is 5.48. The predicted molar refractivity (Wildman–Crippen MR) is 301 cm³/mol. The second-order valence-corrected chi connectivity index (χ2v) is 21.4. The Kier molecular flexibility index (Phi) is 57.5. The van der Waals surface area contributed by atoms with Gasteiger partial charge in [-0.2, -0.15) is 0 Å². The average molecular weight is 973 g/mol. The molecule has 0 rings (SSSR count). The van der Waals surface area contributed by atoms with Gasteiger partial charge < -0.3 is 20.3 Å². The maximum absolute atomic E-state index is 12.4. The SMILES string of the molecule is CCCCCCCCC/C=C/C(O)C(CO)NC(=O)CCCCCCCCCCCCCCCC/C=C\CCCCCCCCCCCCCCOC(=O)CCCCCCCCCCCCCCC. The minimum Gasteiger partial charge on any atom is -0.466 e. The Morgan fingerprint density at radius 1 is 0.391 bits per heavy atom. The Hall–Kier alpha value is -1.66. The van der Waals surface area contributed by atoms with Gasteiger partial charge in [-0.1, -0.05) is 295 Å². The number of rotatable bonds is 58. The molecular weight excluding hydrogens is 851 g/mol. The summed E-state index contributed by atoms with van der Waals surface area (Å²) in [6, 6.07) is -0.624. The van der Waals surface area contributed by atoms with Crippen molar-refractivity contribution in [2.75, 3.05) is 13.2 Å². The maximum atomic E-state index is 12.4. The van der Waals surface area contributed by atoms with Crippen LogP contribution in [0.5, 0.6) is 0 Å². The summed E-state index contributed by atoms with van der Waals surface area (Å²) in [7, 11) is 0. The molecule has 0 aromatic carbocycles. The number of ether oxygens (including phenoxy) is 1. The molecule has 0 spiro atoms. The van der Waals surface area contributed by atoms with Crippen LogP contribution in [0.1, 0.15) is 341 Å². The fourth-order valence-electron chi connectivity index (χ4n) is 9.69. The lowest BCUT2D eigenvalue weighted by molar-refractivity contribution is -0.143. The smallest absolute Gasteiger partial charge is 0.305 e. The normalized spacial score (nSPS) is 12.7. The molecule has 0 aromatic heterocycles. The quantitative estimate of drug-likeness (QED) is 0.0321. The highest BCUT2D eigenvalue weighted by molar-refractivity contribution is 5.76. The van der Waals surface area contributed by atoms with Crippen LogP contribution < -0.4 is 5.32 Å². The van der Waals surface area contributed by atoms with Crippen molar-refractivity contribution in [2.45, 2.75) is 353 Å². The molecule has 6 heteroatoms. The van der Waals surface area contributed by atoms with Crippen molar-refractivity contribution in [3.8, 4) is 0 Å². The van der Waals surface area contributed by atoms with Crippen LogP contribution in [0.4, 0.5) is 0 Å². The topological polar surface area (TPSA) is 95.9 Å². The Bertz CT molecular complexity index is 1080. The molecule has 1 amide bonds. The van der Waals surface area contributed by atoms with Gasteiger partial charge >= 0.3 is 5.97 Å². The van der Waals surface area contributed by atoms with E-state index in [0.717, 1.165) is 38.5 Å². The Balaban J connectivity index is 3.34. The largest absolute Gasteiger partial charge is 0.466 e. The molecule has 3 N–H and O–H groups in total. The third-order valence-electron chi connectivity index (χ3n) is 14.5. The molecule has 0 aliphatic rings. The van der Waals surface area contributed by atoms with Crippen molar-refractivity contribution in [3.05, 3.63) is 24.3 Å². The van der Waals surface area contributed by atoms with E-state index in [2.05, 4.69) is 31.3 Å². The average Bonchev–Trinajstić information content (AvgIpc) is 3.35. The number of amides is 1. The van der Waals surface area contributed by atoms with Crippen molar-refractivity contribution in [3.63, 3.8) is 0 Å². The molecule has 0 saturated carbocycles. The molecule has 2 atom stereocenters. The first-order valence-electron chi connectivity index (χ1n) is 31.1. The molecule has 408 valence electrons. The number of aliphatic hydroxyl groups excluding tert-OH is 2. The van der Waals surface area contributed by atoms with E-state index in [9.17, 15) is 19.8 Å². The molecular formula is C63H121NO5. The first kappa shape index (κ1) is 67.3. The lowest BCUT2D eigenvalue weighted by Crippen LogP contribution is -2.45. The van der Waals surface area contributed by atoms with Crippen LogP contribution in [0.15, 0.2) is 24.3 Å². The van der Waals surface area contributed by atoms with Crippen LogP contribution in [0, 0.1) is 0 Å². The van der Waals surface area contributed by atoms with E-state index in [-0.39, 0.29) is 18.5 Å². The molecule has 6 nitrogen and oxygen atoms in total. The van der Waals surface area contributed by atoms with Gasteiger partial charge in [-0.15, -0.1) is 0 Å². The number of carbonyl (C=O) groups excluding carboxylic acids is 2. The molecule has 0 heterocycles. The molecule has 0 radical (unpaired) electrons. The summed E-state index contributed by atoms with van der Waals surface area (Å²) in [5.41, 5.74) is 0. The van der Waals surface area contributed by atoms with Gasteiger partial charge in [0.1, 0.15) is 0 Å². The van der Waals surface area contributed by atoms with Crippen LogP contribution >= 0.6 is 0 Å². The second kappa shape index (κ2) is 58.9. The molecule has 69 heavy (non-hydrogen) atoms. The van der Waals surface area contributed by atoms with Crippen molar-refractivity contribution in [2.24, 2.45) is 0 Å². The van der Waals surface area contributed by atoms with Gasteiger partial charge in [-0.3, -0.25) is 9.59 Å². The molecule has 0 saturated heterocycles. The first-order valence-corrected chi connectivity index (χ1v) is 31.1. The fourth-order valence-corrected chi connectivity index (χ4v) is 9.69. The van der Waals surface area contributed by atoms with Gasteiger partial charge in [-0.05, 0) is 57.8 Å². The van der Waals surface area contributed by atoms with Gasteiger partial charge in [-0.25, -0.2) is 0 Å². The van der Waals surface area contributed by atoms with E-state index in [4.69, 9.17) is 4.74 Å². The van der Waals surface area contributed by atoms with Crippen molar-refractivity contribution in [1.29, 1.82) is 0 Å². The van der Waals surface area contributed by atoms with Gasteiger partial charge in [0.05, 0.1) is 25.4 Å². The number of nitrogens with one attached hydrogen (secondary N) is 1. The van der Waals surface area contributed by atoms with Crippen LogP contribution in [0.2, 0.25) is 0 Å². The number of carbonyl (C=O) groups is 2. The Labute approximate surface area is 431 Å². The van der Waals surface area contributed by atoms with Crippen molar-refractivity contribution >= 4 is 11.9 Å². The second-order valence-electron chi connectivity index (χ2n) is 21.4. The zero-order valence-electron chi connectivity index (χ0n) is 46.6. The van der Waals surface area contributed by atoms with E-state index < -0.39 is 12.1 Å². The summed E-state index contributed by atoms with van der Waals surface area (Å²) in [5.74, 6) is -0.0499. The zero-order valence-corrected chi connectivity index (χ0v) is 46.6. The van der Waals surface area contributed by atoms with Gasteiger partial charge in [0, 0.05) is 12.8 Å². The van der Waals surface area contributed by atoms with Crippen molar-refractivity contribution in [1.82, 2.24) is 5.32 Å². The first-order chi connectivity index (χ1) is 34.0. The Morgan fingerprint density at radius 3 is 1.03 bits per heavy atom. The highest BCUT2D eigenvalue weighted by Crippen LogP contribution is 2.17. The van der Waals surface area contributed by atoms with Gasteiger partial charge in [0.2, 0.25) is 5.91 Å². The number of allylic oxidation sites excluding steroid dienone is 3. The highest BCUT2D eigenvalue weighted by atomic mass is 16.5. The number of hydrogen-bond donors (Lipinski definition) is 3. The number of esters is 1. The minimum absolute atomic E-state index is 0.0184.